The Kier molecular flexibility index (Phi) is 5.51. The van der Waals surface area contributed by atoms with E-state index in [0.717, 1.165) is 25.1 Å². The van der Waals surface area contributed by atoms with Crippen molar-refractivity contribution < 1.29 is 14.1 Å². The van der Waals surface area contributed by atoms with Gasteiger partial charge in [-0.2, -0.15) is 4.39 Å². The molecule has 100 valence electrons. The summed E-state index contributed by atoms with van der Waals surface area (Å²) in [6.45, 7) is 5.35. The van der Waals surface area contributed by atoms with Crippen molar-refractivity contribution in [3.05, 3.63) is 34.1 Å². The maximum absolute atomic E-state index is 13.2. The number of hydrogen-bond acceptors (Lipinski definition) is 4. The maximum Gasteiger partial charge on any atom is 0.305 e. The van der Waals surface area contributed by atoms with Gasteiger partial charge in [-0.15, -0.1) is 0 Å². The number of nitro groups is 1. The first kappa shape index (κ1) is 14.4. The molecule has 1 aromatic rings. The van der Waals surface area contributed by atoms with Crippen LogP contribution in [0.1, 0.15) is 20.3 Å². The molecule has 5 nitrogen and oxygen atoms in total. The number of hydrogen-bond donors (Lipinski definition) is 1. The molecule has 0 unspecified atom stereocenters. The third-order valence-electron chi connectivity index (χ3n) is 2.26. The summed E-state index contributed by atoms with van der Waals surface area (Å²) in [5, 5.41) is 13.6. The van der Waals surface area contributed by atoms with Gasteiger partial charge in [0.25, 0.3) is 0 Å². The van der Waals surface area contributed by atoms with Crippen LogP contribution in [0.3, 0.4) is 0 Å². The van der Waals surface area contributed by atoms with Crippen LogP contribution in [0.4, 0.5) is 10.1 Å². The Morgan fingerprint density at radius 3 is 2.78 bits per heavy atom. The van der Waals surface area contributed by atoms with E-state index in [0.29, 0.717) is 18.4 Å². The minimum atomic E-state index is -0.877. The minimum absolute atomic E-state index is 0.308. The minimum Gasteiger partial charge on any atom is -0.493 e. The lowest BCUT2D eigenvalue weighted by Crippen LogP contribution is -2.24. The zero-order valence-corrected chi connectivity index (χ0v) is 10.5. The van der Waals surface area contributed by atoms with E-state index in [1.807, 2.05) is 13.8 Å². The molecule has 0 fully saturated rings. The fourth-order valence-corrected chi connectivity index (χ4v) is 1.38. The second-order valence-corrected chi connectivity index (χ2v) is 4.18. The third-order valence-corrected chi connectivity index (χ3v) is 2.26. The molecule has 1 aromatic carbocycles. The first-order chi connectivity index (χ1) is 8.50. The highest BCUT2D eigenvalue weighted by Crippen LogP contribution is 2.22. The molecule has 0 bridgehead atoms. The maximum atomic E-state index is 13.2. The molecular formula is C12H17FN2O3. The topological polar surface area (TPSA) is 64.4 Å². The van der Waals surface area contributed by atoms with E-state index in [9.17, 15) is 14.5 Å². The van der Waals surface area contributed by atoms with Crippen LogP contribution in [0.25, 0.3) is 0 Å². The Labute approximate surface area is 105 Å². The van der Waals surface area contributed by atoms with Gasteiger partial charge in [0.15, 0.2) is 0 Å². The summed E-state index contributed by atoms with van der Waals surface area (Å²) >= 11 is 0. The van der Waals surface area contributed by atoms with Crippen molar-refractivity contribution in [3.8, 4) is 5.75 Å². The number of halogens is 1. The van der Waals surface area contributed by atoms with Crippen LogP contribution >= 0.6 is 0 Å². The average Bonchev–Trinajstić information content (AvgIpc) is 2.27. The number of nitrogens with one attached hydrogen (secondary N) is 1. The standard InChI is InChI=1S/C12H17FN2O3/c1-9(2)14-6-3-7-18-10-4-5-12(15(16)17)11(13)8-10/h4-5,8-9,14H,3,6-7H2,1-2H3. The summed E-state index contributed by atoms with van der Waals surface area (Å²) in [6.07, 6.45) is 0.788. The molecule has 18 heavy (non-hydrogen) atoms. The van der Waals surface area contributed by atoms with E-state index >= 15 is 0 Å². The van der Waals surface area contributed by atoms with Crippen molar-refractivity contribution in [2.75, 3.05) is 13.2 Å². The lowest BCUT2D eigenvalue weighted by Gasteiger charge is -2.09. The van der Waals surface area contributed by atoms with Crippen molar-refractivity contribution in [2.24, 2.45) is 0 Å². The zero-order chi connectivity index (χ0) is 13.5. The first-order valence-electron chi connectivity index (χ1n) is 5.81. The van der Waals surface area contributed by atoms with Gasteiger partial charge < -0.3 is 10.1 Å². The van der Waals surface area contributed by atoms with Crippen LogP contribution in [0.5, 0.6) is 5.75 Å². The smallest absolute Gasteiger partial charge is 0.305 e. The Hall–Kier alpha value is -1.69. The Morgan fingerprint density at radius 1 is 1.50 bits per heavy atom. The van der Waals surface area contributed by atoms with Gasteiger partial charge >= 0.3 is 5.69 Å². The number of rotatable bonds is 7. The summed E-state index contributed by atoms with van der Waals surface area (Å²) < 4.78 is 18.5. The van der Waals surface area contributed by atoms with Gasteiger partial charge in [-0.1, -0.05) is 13.8 Å². The second-order valence-electron chi connectivity index (χ2n) is 4.18. The fourth-order valence-electron chi connectivity index (χ4n) is 1.38. The van der Waals surface area contributed by atoms with Crippen molar-refractivity contribution in [3.63, 3.8) is 0 Å². The molecule has 0 atom stereocenters. The molecule has 0 aromatic heterocycles. The monoisotopic (exact) mass is 256 g/mol. The predicted octanol–water partition coefficient (Wildman–Crippen LogP) is 2.50. The van der Waals surface area contributed by atoms with Crippen molar-refractivity contribution >= 4 is 5.69 Å². The number of nitro benzene ring substituents is 1. The van der Waals surface area contributed by atoms with E-state index < -0.39 is 16.4 Å². The molecule has 0 aliphatic heterocycles. The molecule has 6 heteroatoms. The van der Waals surface area contributed by atoms with Crippen molar-refractivity contribution in [1.82, 2.24) is 5.32 Å². The third kappa shape index (κ3) is 4.67. The average molecular weight is 256 g/mol. The highest BCUT2D eigenvalue weighted by atomic mass is 19.1. The quantitative estimate of drug-likeness (QED) is 0.462. The van der Waals surface area contributed by atoms with E-state index in [4.69, 9.17) is 4.74 Å². The Morgan fingerprint density at radius 2 is 2.22 bits per heavy atom. The molecule has 1 N–H and O–H groups in total. The van der Waals surface area contributed by atoms with Gasteiger partial charge in [0.1, 0.15) is 5.75 Å². The van der Waals surface area contributed by atoms with Crippen LogP contribution in [0.2, 0.25) is 0 Å². The second kappa shape index (κ2) is 6.90. The SMILES string of the molecule is CC(C)NCCCOc1ccc([N+](=O)[O-])c(F)c1. The lowest BCUT2D eigenvalue weighted by molar-refractivity contribution is -0.387. The van der Waals surface area contributed by atoms with Crippen molar-refractivity contribution in [2.45, 2.75) is 26.3 Å². The zero-order valence-electron chi connectivity index (χ0n) is 10.5. The molecule has 0 aliphatic carbocycles. The summed E-state index contributed by atoms with van der Waals surface area (Å²) in [7, 11) is 0. The summed E-state index contributed by atoms with van der Waals surface area (Å²) in [5.41, 5.74) is -0.538. The molecule has 0 aliphatic rings. The van der Waals surface area contributed by atoms with Crippen LogP contribution < -0.4 is 10.1 Å². The molecule has 0 radical (unpaired) electrons. The molecule has 1 rings (SSSR count). The van der Waals surface area contributed by atoms with Crippen molar-refractivity contribution in [1.29, 1.82) is 0 Å². The van der Waals surface area contributed by atoms with E-state index in [-0.39, 0.29) is 0 Å². The predicted molar refractivity (Wildman–Crippen MR) is 66.3 cm³/mol. The van der Waals surface area contributed by atoms with Gasteiger partial charge in [-0.05, 0) is 19.0 Å². The molecule has 0 heterocycles. The fraction of sp³-hybridized carbons (Fsp3) is 0.500. The summed E-state index contributed by atoms with van der Waals surface area (Å²) in [6, 6.07) is 3.96. The highest BCUT2D eigenvalue weighted by Gasteiger charge is 2.13. The molecule has 0 spiro atoms. The molecular weight excluding hydrogens is 239 g/mol. The van der Waals surface area contributed by atoms with Crippen LogP contribution in [-0.4, -0.2) is 24.1 Å². The van der Waals surface area contributed by atoms with Gasteiger partial charge in [-0.25, -0.2) is 0 Å². The molecule has 0 amide bonds. The summed E-state index contributed by atoms with van der Waals surface area (Å²) in [4.78, 5) is 9.65. The van der Waals surface area contributed by atoms with E-state index in [1.54, 1.807) is 0 Å². The number of nitrogens with zero attached hydrogens (tertiary/aromatic N) is 1. The largest absolute Gasteiger partial charge is 0.493 e. The van der Waals surface area contributed by atoms with Gasteiger partial charge in [0.2, 0.25) is 5.82 Å². The highest BCUT2D eigenvalue weighted by molar-refractivity contribution is 5.37. The van der Waals surface area contributed by atoms with E-state index in [2.05, 4.69) is 5.32 Å². The van der Waals surface area contributed by atoms with Crippen LogP contribution in [0, 0.1) is 15.9 Å². The Bertz CT molecular complexity index is 410. The van der Waals surface area contributed by atoms with Gasteiger partial charge in [0, 0.05) is 18.2 Å². The van der Waals surface area contributed by atoms with Crippen LogP contribution in [0.15, 0.2) is 18.2 Å². The lowest BCUT2D eigenvalue weighted by atomic mass is 10.3. The number of ether oxygens (including phenoxy) is 1. The number of benzene rings is 1. The first-order valence-corrected chi connectivity index (χ1v) is 5.81. The Balaban J connectivity index is 2.39. The van der Waals surface area contributed by atoms with Gasteiger partial charge in [0.05, 0.1) is 11.5 Å². The van der Waals surface area contributed by atoms with E-state index in [1.165, 1.54) is 6.07 Å². The molecule has 0 saturated carbocycles. The summed E-state index contributed by atoms with van der Waals surface area (Å²) in [5.74, 6) is -0.569. The molecule has 0 saturated heterocycles. The normalized spacial score (nSPS) is 10.7. The van der Waals surface area contributed by atoms with Crippen LogP contribution in [-0.2, 0) is 0 Å². The van der Waals surface area contributed by atoms with Gasteiger partial charge in [-0.3, -0.25) is 10.1 Å².